The maximum Gasteiger partial charge on any atom is 0.344 e. The van der Waals surface area contributed by atoms with Gasteiger partial charge in [-0.3, -0.25) is 9.80 Å². The van der Waals surface area contributed by atoms with Crippen LogP contribution >= 0.6 is 24.8 Å². The Morgan fingerprint density at radius 1 is 1.10 bits per heavy atom. The average Bonchev–Trinajstić information content (AvgIpc) is 2.77. The lowest BCUT2D eigenvalue weighted by Gasteiger charge is -2.45. The number of fused-ring (bicyclic) bond motifs is 3. The maximum atomic E-state index is 13.3. The average molecular weight is 479 g/mol. The molecule has 4 rings (SSSR count). The van der Waals surface area contributed by atoms with Gasteiger partial charge in [-0.2, -0.15) is 0 Å². The van der Waals surface area contributed by atoms with Crippen LogP contribution in [-0.2, 0) is 24.6 Å². The summed E-state index contributed by atoms with van der Waals surface area (Å²) in [5.74, 6) is -0.177. The maximum absolute atomic E-state index is 13.3. The first-order valence-corrected chi connectivity index (χ1v) is 10.5. The molecule has 1 aromatic carbocycles. The molecule has 0 amide bonds. The number of carbonyl (C=O) groups is 1. The van der Waals surface area contributed by atoms with Crippen molar-refractivity contribution in [3.05, 3.63) is 35.9 Å². The molecular weight excluding hydrogens is 443 g/mol. The molecule has 3 saturated heterocycles. The number of hydrogen-bond acceptors (Lipinski definition) is 7. The number of nitrogens with zero attached hydrogens (tertiary/aromatic N) is 2. The third-order valence-corrected chi connectivity index (χ3v) is 6.12. The van der Waals surface area contributed by atoms with Crippen LogP contribution in [-0.4, -0.2) is 93.7 Å². The molecule has 3 heterocycles. The zero-order valence-corrected chi connectivity index (χ0v) is 20.0. The molecule has 0 spiro atoms. The molecule has 2 bridgehead atoms. The van der Waals surface area contributed by atoms with Gasteiger partial charge in [-0.15, -0.1) is 24.8 Å². The van der Waals surface area contributed by atoms with Gasteiger partial charge in [0.25, 0.3) is 0 Å². The van der Waals surface area contributed by atoms with Crippen molar-refractivity contribution in [1.29, 1.82) is 0 Å². The van der Waals surface area contributed by atoms with Crippen molar-refractivity contribution in [2.24, 2.45) is 5.92 Å². The lowest BCUT2D eigenvalue weighted by Crippen LogP contribution is -2.55. The molecule has 7 nitrogen and oxygen atoms in total. The lowest BCUT2D eigenvalue weighted by atomic mass is 9.85. The first-order chi connectivity index (χ1) is 14.1. The predicted octanol–water partition coefficient (Wildman–Crippen LogP) is 1.95. The number of aliphatic hydroxyl groups is 1. The molecule has 0 aromatic heterocycles. The van der Waals surface area contributed by atoms with Crippen LogP contribution in [0.5, 0.6) is 0 Å². The highest BCUT2D eigenvalue weighted by Gasteiger charge is 2.45. The van der Waals surface area contributed by atoms with E-state index in [1.165, 1.54) is 0 Å². The van der Waals surface area contributed by atoms with Crippen LogP contribution in [0.25, 0.3) is 0 Å². The predicted molar refractivity (Wildman–Crippen MR) is 124 cm³/mol. The molecule has 1 aromatic rings. The van der Waals surface area contributed by atoms with Gasteiger partial charge in [0.1, 0.15) is 6.10 Å². The molecule has 2 atom stereocenters. The SMILES string of the molecule is COCCN(CCOC)CC(O)(C(=O)OC1CN2CCC1CC2)c1ccccc1.Cl.Cl. The Hall–Kier alpha value is -0.930. The number of carbonyl (C=O) groups excluding carboxylic acids is 1. The van der Waals surface area contributed by atoms with Crippen molar-refractivity contribution in [3.63, 3.8) is 0 Å². The van der Waals surface area contributed by atoms with E-state index < -0.39 is 11.6 Å². The highest BCUT2D eigenvalue weighted by atomic mass is 35.5. The van der Waals surface area contributed by atoms with E-state index in [1.807, 2.05) is 23.1 Å². The van der Waals surface area contributed by atoms with Crippen LogP contribution in [0, 0.1) is 5.92 Å². The minimum atomic E-state index is -1.74. The largest absolute Gasteiger partial charge is 0.458 e. The van der Waals surface area contributed by atoms with Gasteiger partial charge in [-0.05, 0) is 37.4 Å². The fraction of sp³-hybridized carbons (Fsp3) is 0.682. The topological polar surface area (TPSA) is 71.5 Å². The second-order valence-corrected chi connectivity index (χ2v) is 8.07. The molecular formula is C22H36Cl2N2O5. The van der Waals surface area contributed by atoms with Crippen molar-refractivity contribution in [3.8, 4) is 0 Å². The number of benzene rings is 1. The number of piperidine rings is 3. The van der Waals surface area contributed by atoms with E-state index in [1.54, 1.807) is 26.4 Å². The molecule has 3 aliphatic rings. The number of methoxy groups -OCH3 is 2. The van der Waals surface area contributed by atoms with Gasteiger partial charge in [-0.1, -0.05) is 30.3 Å². The van der Waals surface area contributed by atoms with Crippen LogP contribution in [0.15, 0.2) is 30.3 Å². The van der Waals surface area contributed by atoms with Gasteiger partial charge in [0.15, 0.2) is 5.60 Å². The second-order valence-electron chi connectivity index (χ2n) is 8.07. The molecule has 3 aliphatic heterocycles. The highest BCUT2D eigenvalue weighted by molar-refractivity contribution is 5.85. The van der Waals surface area contributed by atoms with Crippen molar-refractivity contribution in [2.45, 2.75) is 24.5 Å². The zero-order chi connectivity index (χ0) is 20.7. The lowest BCUT2D eigenvalue weighted by molar-refractivity contribution is -0.184. The molecule has 1 N–H and O–H groups in total. The number of ether oxygens (including phenoxy) is 3. The Kier molecular flexibility index (Phi) is 12.3. The summed E-state index contributed by atoms with van der Waals surface area (Å²) < 4.78 is 16.3. The van der Waals surface area contributed by atoms with E-state index in [0.29, 0.717) is 37.8 Å². The normalized spacial score (nSPS) is 24.1. The zero-order valence-electron chi connectivity index (χ0n) is 18.4. The van der Waals surface area contributed by atoms with Crippen LogP contribution in [0.4, 0.5) is 0 Å². The summed E-state index contributed by atoms with van der Waals surface area (Å²) in [5.41, 5.74) is -1.19. The van der Waals surface area contributed by atoms with Crippen molar-refractivity contribution < 1.29 is 24.1 Å². The summed E-state index contributed by atoms with van der Waals surface area (Å²) in [6, 6.07) is 9.09. The standard InChI is InChI=1S/C22H34N2O5.2ClH/c1-27-14-12-24(13-15-28-2)17-22(26,19-6-4-3-5-7-19)21(25)29-20-16-23-10-8-18(20)9-11-23;;/h3-7,18,20,26H,8-17H2,1-2H3;2*1H. The van der Waals surface area contributed by atoms with Gasteiger partial charge in [0, 0.05) is 40.4 Å². The highest BCUT2D eigenvalue weighted by Crippen LogP contribution is 2.32. The minimum absolute atomic E-state index is 0. The minimum Gasteiger partial charge on any atom is -0.458 e. The molecule has 2 unspecified atom stereocenters. The smallest absolute Gasteiger partial charge is 0.344 e. The summed E-state index contributed by atoms with van der Waals surface area (Å²) in [4.78, 5) is 17.6. The summed E-state index contributed by atoms with van der Waals surface area (Å²) in [6.07, 6.45) is 1.96. The van der Waals surface area contributed by atoms with E-state index in [-0.39, 0.29) is 37.5 Å². The second kappa shape index (κ2) is 13.6. The van der Waals surface area contributed by atoms with Crippen LogP contribution in [0.3, 0.4) is 0 Å². The Bertz CT molecular complexity index is 638. The monoisotopic (exact) mass is 478 g/mol. The van der Waals surface area contributed by atoms with Crippen molar-refractivity contribution in [2.75, 3.05) is 66.7 Å². The van der Waals surface area contributed by atoms with E-state index in [9.17, 15) is 9.90 Å². The number of esters is 1. The van der Waals surface area contributed by atoms with Crippen molar-refractivity contribution in [1.82, 2.24) is 9.80 Å². The number of halogens is 2. The Labute approximate surface area is 197 Å². The molecule has 9 heteroatoms. The summed E-state index contributed by atoms with van der Waals surface area (Å²) in [5, 5.41) is 11.6. The summed E-state index contributed by atoms with van der Waals surface area (Å²) >= 11 is 0. The Balaban J connectivity index is 0.00000240. The van der Waals surface area contributed by atoms with Gasteiger partial charge in [0.05, 0.1) is 13.2 Å². The van der Waals surface area contributed by atoms with Gasteiger partial charge in [0.2, 0.25) is 0 Å². The van der Waals surface area contributed by atoms with Gasteiger partial charge in [-0.25, -0.2) is 4.79 Å². The van der Waals surface area contributed by atoms with Crippen LogP contribution < -0.4 is 0 Å². The third-order valence-electron chi connectivity index (χ3n) is 6.12. The molecule has 31 heavy (non-hydrogen) atoms. The summed E-state index contributed by atoms with van der Waals surface area (Å²) in [7, 11) is 3.28. The fourth-order valence-electron chi connectivity index (χ4n) is 4.30. The van der Waals surface area contributed by atoms with Gasteiger partial charge >= 0.3 is 5.97 Å². The fourth-order valence-corrected chi connectivity index (χ4v) is 4.30. The molecule has 178 valence electrons. The van der Waals surface area contributed by atoms with Crippen LogP contribution in [0.1, 0.15) is 18.4 Å². The first-order valence-electron chi connectivity index (χ1n) is 10.5. The first kappa shape index (κ1) is 28.1. The van der Waals surface area contributed by atoms with E-state index in [0.717, 1.165) is 32.5 Å². The number of hydrogen-bond donors (Lipinski definition) is 1. The van der Waals surface area contributed by atoms with Gasteiger partial charge < -0.3 is 19.3 Å². The quantitative estimate of drug-likeness (QED) is 0.487. The Morgan fingerprint density at radius 3 is 2.16 bits per heavy atom. The van der Waals surface area contributed by atoms with E-state index >= 15 is 0 Å². The summed E-state index contributed by atoms with van der Waals surface area (Å²) in [6.45, 7) is 5.21. The molecule has 0 aliphatic carbocycles. The van der Waals surface area contributed by atoms with Crippen molar-refractivity contribution >= 4 is 30.8 Å². The van der Waals surface area contributed by atoms with E-state index in [2.05, 4.69) is 4.90 Å². The van der Waals surface area contributed by atoms with Crippen LogP contribution in [0.2, 0.25) is 0 Å². The molecule has 0 saturated carbocycles. The molecule has 0 radical (unpaired) electrons. The number of rotatable bonds is 11. The van der Waals surface area contributed by atoms with E-state index in [4.69, 9.17) is 14.2 Å². The Morgan fingerprint density at radius 2 is 1.68 bits per heavy atom. The third kappa shape index (κ3) is 7.29. The molecule has 3 fully saturated rings.